The largest absolute Gasteiger partial charge is 0.357 e. The zero-order valence-corrected chi connectivity index (χ0v) is 18.7. The predicted octanol–water partition coefficient (Wildman–Crippen LogP) is 2.34. The maximum Gasteiger partial charge on any atom is 0.215 e. The molecule has 1 aromatic carbocycles. The van der Waals surface area contributed by atoms with Gasteiger partial charge in [0.2, 0.25) is 10.0 Å². The lowest BCUT2D eigenvalue weighted by atomic mass is 10.1. The Kier molecular flexibility index (Phi) is 12.0. The van der Waals surface area contributed by atoms with Crippen molar-refractivity contribution in [3.8, 4) is 0 Å². The highest BCUT2D eigenvalue weighted by molar-refractivity contribution is 14.0. The molecular formula is C17H31IN4O2S. The topological polar surface area (TPSA) is 73.8 Å². The van der Waals surface area contributed by atoms with Crippen LogP contribution < -0.4 is 10.6 Å². The fourth-order valence-corrected chi connectivity index (χ4v) is 3.77. The summed E-state index contributed by atoms with van der Waals surface area (Å²) in [4.78, 5) is 4.52. The second-order valence-corrected chi connectivity index (χ2v) is 7.60. The van der Waals surface area contributed by atoms with Crippen molar-refractivity contribution in [3.05, 3.63) is 35.4 Å². The molecule has 0 aliphatic heterocycles. The standard InChI is InChI=1S/C17H30N4O2S.HI/c1-5-18-17(20-14-16-10-8-9-15(4)13-16)19-11-12-24(22,23)21(6-2)7-3;/h8-10,13H,5-7,11-12,14H2,1-4H3,(H2,18,19,20);1H. The lowest BCUT2D eigenvalue weighted by Gasteiger charge is -2.19. The van der Waals surface area contributed by atoms with Crippen LogP contribution in [0.2, 0.25) is 0 Å². The average molecular weight is 482 g/mol. The minimum atomic E-state index is -3.22. The van der Waals surface area contributed by atoms with Crippen LogP contribution in [0.15, 0.2) is 29.3 Å². The van der Waals surface area contributed by atoms with E-state index in [4.69, 9.17) is 0 Å². The molecule has 25 heavy (non-hydrogen) atoms. The lowest BCUT2D eigenvalue weighted by molar-refractivity contribution is 0.445. The summed E-state index contributed by atoms with van der Waals surface area (Å²) in [7, 11) is -3.22. The number of hydrogen-bond acceptors (Lipinski definition) is 3. The number of rotatable bonds is 9. The van der Waals surface area contributed by atoms with Crippen molar-refractivity contribution in [2.75, 3.05) is 31.9 Å². The first-order valence-corrected chi connectivity index (χ1v) is 10.1. The van der Waals surface area contributed by atoms with Gasteiger partial charge in [0.1, 0.15) is 0 Å². The Bertz CT molecular complexity index is 631. The van der Waals surface area contributed by atoms with Crippen LogP contribution in [0.4, 0.5) is 0 Å². The molecular weight excluding hydrogens is 451 g/mol. The fourth-order valence-electron chi connectivity index (χ4n) is 2.37. The molecule has 1 aromatic rings. The normalized spacial score (nSPS) is 12.0. The quantitative estimate of drug-likeness (QED) is 0.322. The molecule has 0 atom stereocenters. The van der Waals surface area contributed by atoms with E-state index in [1.54, 1.807) is 0 Å². The average Bonchev–Trinajstić information content (AvgIpc) is 2.53. The number of nitrogens with zero attached hydrogens (tertiary/aromatic N) is 2. The molecule has 0 heterocycles. The van der Waals surface area contributed by atoms with E-state index in [1.807, 2.05) is 32.9 Å². The van der Waals surface area contributed by atoms with Gasteiger partial charge in [-0.1, -0.05) is 43.7 Å². The van der Waals surface area contributed by atoms with Gasteiger partial charge >= 0.3 is 0 Å². The van der Waals surface area contributed by atoms with E-state index in [0.29, 0.717) is 32.1 Å². The Labute approximate surface area is 169 Å². The molecule has 0 saturated heterocycles. The molecule has 8 heteroatoms. The van der Waals surface area contributed by atoms with Gasteiger partial charge in [-0.2, -0.15) is 0 Å². The SMILES string of the molecule is CCNC(=NCc1cccc(C)c1)NCCS(=O)(=O)N(CC)CC.I. The van der Waals surface area contributed by atoms with E-state index >= 15 is 0 Å². The van der Waals surface area contributed by atoms with Gasteiger partial charge < -0.3 is 10.6 Å². The van der Waals surface area contributed by atoms with Gasteiger partial charge in [0.05, 0.1) is 12.3 Å². The summed E-state index contributed by atoms with van der Waals surface area (Å²) in [5, 5.41) is 6.24. The molecule has 0 aliphatic carbocycles. The molecule has 6 nitrogen and oxygen atoms in total. The van der Waals surface area contributed by atoms with Gasteiger partial charge in [-0.3, -0.25) is 0 Å². The third-order valence-corrected chi connectivity index (χ3v) is 5.62. The van der Waals surface area contributed by atoms with E-state index in [9.17, 15) is 8.42 Å². The first kappa shape index (κ1) is 24.1. The number of benzene rings is 1. The van der Waals surface area contributed by atoms with Crippen molar-refractivity contribution in [3.63, 3.8) is 0 Å². The summed E-state index contributed by atoms with van der Waals surface area (Å²) < 4.78 is 25.8. The Morgan fingerprint density at radius 1 is 1.16 bits per heavy atom. The summed E-state index contributed by atoms with van der Waals surface area (Å²) in [6.07, 6.45) is 0. The summed E-state index contributed by atoms with van der Waals surface area (Å²) in [6.45, 7) is 10.3. The molecule has 0 aromatic heterocycles. The third-order valence-electron chi connectivity index (χ3n) is 3.60. The minimum Gasteiger partial charge on any atom is -0.357 e. The number of halogens is 1. The van der Waals surface area contributed by atoms with E-state index in [1.165, 1.54) is 9.87 Å². The van der Waals surface area contributed by atoms with Crippen molar-refractivity contribution < 1.29 is 8.42 Å². The molecule has 0 bridgehead atoms. The molecule has 1 rings (SSSR count). The van der Waals surface area contributed by atoms with Crippen LogP contribution in [-0.2, 0) is 16.6 Å². The molecule has 0 amide bonds. The second-order valence-electron chi connectivity index (χ2n) is 5.51. The molecule has 0 fully saturated rings. The van der Waals surface area contributed by atoms with Gasteiger partial charge in [0.25, 0.3) is 0 Å². The smallest absolute Gasteiger partial charge is 0.215 e. The monoisotopic (exact) mass is 482 g/mol. The van der Waals surface area contributed by atoms with Gasteiger partial charge in [-0.15, -0.1) is 24.0 Å². The van der Waals surface area contributed by atoms with Crippen molar-refractivity contribution >= 4 is 40.0 Å². The molecule has 2 N–H and O–H groups in total. The van der Waals surface area contributed by atoms with E-state index in [2.05, 4.69) is 34.7 Å². The Balaban J connectivity index is 0.00000576. The van der Waals surface area contributed by atoms with Crippen LogP contribution in [0.3, 0.4) is 0 Å². The van der Waals surface area contributed by atoms with Crippen molar-refractivity contribution in [1.82, 2.24) is 14.9 Å². The van der Waals surface area contributed by atoms with Gasteiger partial charge in [-0.25, -0.2) is 17.7 Å². The number of aryl methyl sites for hydroxylation is 1. The van der Waals surface area contributed by atoms with Crippen LogP contribution >= 0.6 is 24.0 Å². The first-order chi connectivity index (χ1) is 11.4. The van der Waals surface area contributed by atoms with Gasteiger partial charge in [0, 0.05) is 26.2 Å². The minimum absolute atomic E-state index is 0. The zero-order valence-electron chi connectivity index (χ0n) is 15.6. The van der Waals surface area contributed by atoms with Gasteiger partial charge in [-0.05, 0) is 19.4 Å². The molecule has 0 radical (unpaired) electrons. The first-order valence-electron chi connectivity index (χ1n) is 8.48. The molecule has 0 saturated carbocycles. The zero-order chi connectivity index (χ0) is 18.0. The number of hydrogen-bond donors (Lipinski definition) is 2. The number of nitrogens with one attached hydrogen (secondary N) is 2. The highest BCUT2D eigenvalue weighted by Gasteiger charge is 2.18. The molecule has 144 valence electrons. The fraction of sp³-hybridized carbons (Fsp3) is 0.588. The molecule has 0 unspecified atom stereocenters. The second kappa shape index (κ2) is 12.5. The summed E-state index contributed by atoms with van der Waals surface area (Å²) >= 11 is 0. The van der Waals surface area contributed by atoms with Crippen LogP contribution in [0.1, 0.15) is 31.9 Å². The highest BCUT2D eigenvalue weighted by atomic mass is 127. The maximum atomic E-state index is 12.2. The number of aliphatic imine (C=N–C) groups is 1. The third kappa shape index (κ3) is 8.87. The molecule has 0 aliphatic rings. The van der Waals surface area contributed by atoms with E-state index in [0.717, 1.165) is 12.1 Å². The Hall–Kier alpha value is -0.870. The van der Waals surface area contributed by atoms with Crippen LogP contribution in [-0.4, -0.2) is 50.6 Å². The lowest BCUT2D eigenvalue weighted by Crippen LogP contribution is -2.42. The predicted molar refractivity (Wildman–Crippen MR) is 116 cm³/mol. The van der Waals surface area contributed by atoms with Crippen LogP contribution in [0, 0.1) is 6.92 Å². The van der Waals surface area contributed by atoms with Crippen molar-refractivity contribution in [2.45, 2.75) is 34.2 Å². The summed E-state index contributed by atoms with van der Waals surface area (Å²) in [5.41, 5.74) is 2.33. The summed E-state index contributed by atoms with van der Waals surface area (Å²) in [5.74, 6) is 0.692. The van der Waals surface area contributed by atoms with E-state index < -0.39 is 10.0 Å². The van der Waals surface area contributed by atoms with E-state index in [-0.39, 0.29) is 29.7 Å². The number of guanidine groups is 1. The number of sulfonamides is 1. The van der Waals surface area contributed by atoms with Crippen molar-refractivity contribution in [2.24, 2.45) is 4.99 Å². The van der Waals surface area contributed by atoms with Gasteiger partial charge in [0.15, 0.2) is 5.96 Å². The molecule has 0 spiro atoms. The van der Waals surface area contributed by atoms with Crippen molar-refractivity contribution in [1.29, 1.82) is 0 Å². The Morgan fingerprint density at radius 2 is 1.84 bits per heavy atom. The Morgan fingerprint density at radius 3 is 2.40 bits per heavy atom. The summed E-state index contributed by atoms with van der Waals surface area (Å²) in [6, 6.07) is 8.19. The van der Waals surface area contributed by atoms with Crippen LogP contribution in [0.5, 0.6) is 0 Å². The van der Waals surface area contributed by atoms with Crippen LogP contribution in [0.25, 0.3) is 0 Å². The highest BCUT2D eigenvalue weighted by Crippen LogP contribution is 2.05. The maximum absolute atomic E-state index is 12.2.